The summed E-state index contributed by atoms with van der Waals surface area (Å²) in [5.74, 6) is 1.13. The van der Waals surface area contributed by atoms with E-state index >= 15 is 0 Å². The maximum atomic E-state index is 14.7. The molecule has 0 amide bonds. The van der Waals surface area contributed by atoms with Crippen LogP contribution in [0.3, 0.4) is 0 Å². The van der Waals surface area contributed by atoms with E-state index in [4.69, 9.17) is 19.0 Å². The molecule has 2 aromatic heterocycles. The van der Waals surface area contributed by atoms with Gasteiger partial charge in [-0.05, 0) is 80.5 Å². The number of carbonyl (C=O) groups excluding carboxylic acids is 1. The van der Waals surface area contributed by atoms with Crippen molar-refractivity contribution in [2.75, 3.05) is 12.0 Å². The molecule has 2 aliphatic heterocycles. The van der Waals surface area contributed by atoms with Gasteiger partial charge >= 0.3 is 5.97 Å². The molecule has 3 aromatic rings. The number of nitrogens with zero attached hydrogens (tertiary/aromatic N) is 3. The maximum absolute atomic E-state index is 14.7. The van der Waals surface area contributed by atoms with Crippen molar-refractivity contribution in [2.24, 2.45) is 5.92 Å². The summed E-state index contributed by atoms with van der Waals surface area (Å²) >= 11 is 0. The Bertz CT molecular complexity index is 1430. The number of hydrogen-bond acceptors (Lipinski definition) is 7. The first-order valence-corrected chi connectivity index (χ1v) is 14.3. The smallest absolute Gasteiger partial charge is 0.339 e. The summed E-state index contributed by atoms with van der Waals surface area (Å²) in [7, 11) is 1.39. The molecule has 0 spiro atoms. The van der Waals surface area contributed by atoms with Crippen LogP contribution in [-0.4, -0.2) is 41.4 Å². The summed E-state index contributed by atoms with van der Waals surface area (Å²) in [6.45, 7) is 2.49. The molecule has 4 unspecified atom stereocenters. The lowest BCUT2D eigenvalue weighted by molar-refractivity contribution is 0.0134. The van der Waals surface area contributed by atoms with E-state index in [0.717, 1.165) is 56.3 Å². The SMILES string of the molecule is COC(=O)c1cnc(N2C3CC(OCc4c(-c5c(F)cccc5F)noc4C4CC4)CC2C(C)C3)c(C2CC2)c1. The predicted octanol–water partition coefficient (Wildman–Crippen LogP) is 6.52. The van der Waals surface area contributed by atoms with Crippen LogP contribution >= 0.6 is 0 Å². The Kier molecular flexibility index (Phi) is 6.37. The molecule has 7 rings (SSSR count). The minimum Gasteiger partial charge on any atom is -0.465 e. The van der Waals surface area contributed by atoms with E-state index in [1.54, 1.807) is 6.20 Å². The molecule has 4 atom stereocenters. The van der Waals surface area contributed by atoms with Gasteiger partial charge in [0.2, 0.25) is 0 Å². The zero-order chi connectivity index (χ0) is 27.5. The van der Waals surface area contributed by atoms with Gasteiger partial charge < -0.3 is 18.9 Å². The van der Waals surface area contributed by atoms with Crippen molar-refractivity contribution < 1.29 is 27.6 Å². The first-order valence-electron chi connectivity index (χ1n) is 14.3. The van der Waals surface area contributed by atoms with E-state index in [9.17, 15) is 13.6 Å². The first kappa shape index (κ1) is 25.6. The number of carbonyl (C=O) groups is 1. The summed E-state index contributed by atoms with van der Waals surface area (Å²) in [6, 6.07) is 6.32. The van der Waals surface area contributed by atoms with Gasteiger partial charge in [-0.3, -0.25) is 0 Å². The van der Waals surface area contributed by atoms with Crippen LogP contribution < -0.4 is 4.90 Å². The molecule has 2 bridgehead atoms. The number of hydrogen-bond donors (Lipinski definition) is 0. The van der Waals surface area contributed by atoms with Gasteiger partial charge in [0, 0.05) is 29.8 Å². The van der Waals surface area contributed by atoms with E-state index in [2.05, 4.69) is 17.0 Å². The number of rotatable bonds is 8. The van der Waals surface area contributed by atoms with Crippen LogP contribution in [0.4, 0.5) is 14.6 Å². The summed E-state index contributed by atoms with van der Waals surface area (Å²) in [5.41, 5.74) is 2.34. The Morgan fingerprint density at radius 3 is 2.52 bits per heavy atom. The monoisotopic (exact) mass is 549 g/mol. The van der Waals surface area contributed by atoms with Crippen molar-refractivity contribution in [1.29, 1.82) is 0 Å². The molecule has 210 valence electrons. The summed E-state index contributed by atoms with van der Waals surface area (Å²) in [6.07, 6.45) is 8.51. The topological polar surface area (TPSA) is 77.7 Å². The van der Waals surface area contributed by atoms with E-state index in [1.807, 2.05) is 6.07 Å². The number of ether oxygens (including phenoxy) is 2. The lowest BCUT2D eigenvalue weighted by Crippen LogP contribution is -2.47. The van der Waals surface area contributed by atoms with Crippen LogP contribution in [0, 0.1) is 17.6 Å². The fourth-order valence-electron chi connectivity index (χ4n) is 6.80. The number of halogens is 2. The van der Waals surface area contributed by atoms with Crippen LogP contribution in [0.25, 0.3) is 11.3 Å². The molecular formula is C31H33F2N3O4. The third kappa shape index (κ3) is 4.48. The van der Waals surface area contributed by atoms with Crippen molar-refractivity contribution >= 4 is 11.8 Å². The van der Waals surface area contributed by atoms with Gasteiger partial charge in [-0.2, -0.15) is 0 Å². The zero-order valence-electron chi connectivity index (χ0n) is 22.7. The molecule has 0 radical (unpaired) electrons. The fraction of sp³-hybridized carbons (Fsp3) is 0.516. The third-order valence-electron chi connectivity index (χ3n) is 9.10. The van der Waals surface area contributed by atoms with Crippen LogP contribution in [0.15, 0.2) is 35.0 Å². The predicted molar refractivity (Wildman–Crippen MR) is 143 cm³/mol. The van der Waals surface area contributed by atoms with Crippen molar-refractivity contribution in [3.8, 4) is 11.3 Å². The van der Waals surface area contributed by atoms with Crippen molar-refractivity contribution in [2.45, 2.75) is 88.5 Å². The Balaban J connectivity index is 1.13. The van der Waals surface area contributed by atoms with E-state index in [1.165, 1.54) is 25.3 Å². The maximum Gasteiger partial charge on any atom is 0.339 e. The van der Waals surface area contributed by atoms with E-state index in [-0.39, 0.29) is 47.9 Å². The molecule has 2 saturated carbocycles. The number of benzene rings is 1. The number of anilines is 1. The number of piperidine rings is 1. The molecule has 9 heteroatoms. The second-order valence-corrected chi connectivity index (χ2v) is 11.9. The number of fused-ring (bicyclic) bond motifs is 2. The molecular weight excluding hydrogens is 516 g/mol. The molecule has 4 aliphatic rings. The second-order valence-electron chi connectivity index (χ2n) is 11.9. The molecule has 0 N–H and O–H groups in total. The molecule has 7 nitrogen and oxygen atoms in total. The summed E-state index contributed by atoms with van der Waals surface area (Å²) < 4.78 is 46.4. The van der Waals surface area contributed by atoms with Gasteiger partial charge in [0.05, 0.1) is 30.9 Å². The number of pyridine rings is 1. The van der Waals surface area contributed by atoms with Gasteiger partial charge in [-0.15, -0.1) is 0 Å². The second kappa shape index (κ2) is 9.94. The Labute approximate surface area is 231 Å². The largest absolute Gasteiger partial charge is 0.465 e. The van der Waals surface area contributed by atoms with E-state index in [0.29, 0.717) is 28.7 Å². The normalized spacial score (nSPS) is 25.9. The molecule has 40 heavy (non-hydrogen) atoms. The van der Waals surface area contributed by atoms with Crippen molar-refractivity contribution in [3.05, 3.63) is 64.5 Å². The highest BCUT2D eigenvalue weighted by molar-refractivity contribution is 5.89. The molecule has 1 aromatic carbocycles. The number of esters is 1. The van der Waals surface area contributed by atoms with Gasteiger partial charge in [0.25, 0.3) is 0 Å². The average Bonchev–Trinajstić information content (AvgIpc) is 3.88. The van der Waals surface area contributed by atoms with Crippen LogP contribution in [-0.2, 0) is 16.1 Å². The quantitative estimate of drug-likeness (QED) is 0.296. The summed E-state index contributed by atoms with van der Waals surface area (Å²) in [5, 5.41) is 4.11. The molecule has 4 fully saturated rings. The van der Waals surface area contributed by atoms with Crippen LogP contribution in [0.5, 0.6) is 0 Å². The summed E-state index contributed by atoms with van der Waals surface area (Å²) in [4.78, 5) is 19.5. The van der Waals surface area contributed by atoms with Crippen LogP contribution in [0.2, 0.25) is 0 Å². The lowest BCUT2D eigenvalue weighted by atomic mass is 9.95. The minimum absolute atomic E-state index is 0.00446. The Hall–Kier alpha value is -3.33. The molecule has 2 saturated heterocycles. The van der Waals surface area contributed by atoms with Gasteiger partial charge in [0.1, 0.15) is 28.9 Å². The first-order chi connectivity index (χ1) is 19.4. The van der Waals surface area contributed by atoms with Crippen LogP contribution in [0.1, 0.15) is 91.0 Å². The zero-order valence-corrected chi connectivity index (χ0v) is 22.7. The van der Waals surface area contributed by atoms with Crippen molar-refractivity contribution in [1.82, 2.24) is 10.1 Å². The molecule has 4 heterocycles. The number of aromatic nitrogens is 2. The lowest BCUT2D eigenvalue weighted by Gasteiger charge is -2.41. The van der Waals surface area contributed by atoms with E-state index < -0.39 is 11.6 Å². The van der Waals surface area contributed by atoms with Gasteiger partial charge in [-0.25, -0.2) is 18.6 Å². The highest BCUT2D eigenvalue weighted by Gasteiger charge is 2.47. The molecule has 2 aliphatic carbocycles. The van der Waals surface area contributed by atoms with Gasteiger partial charge in [-0.1, -0.05) is 18.1 Å². The minimum atomic E-state index is -0.658. The Morgan fingerprint density at radius 2 is 1.85 bits per heavy atom. The third-order valence-corrected chi connectivity index (χ3v) is 9.10. The van der Waals surface area contributed by atoms with Gasteiger partial charge in [0.15, 0.2) is 0 Å². The van der Waals surface area contributed by atoms with Crippen molar-refractivity contribution in [3.63, 3.8) is 0 Å². The highest BCUT2D eigenvalue weighted by atomic mass is 19.1. The standard InChI is InChI=1S/C31H33F2N3O4/c1-16-10-20-12-21(13-26(16)36(20)30-22(17-6-7-17)11-19(14-34-30)31(37)38-2)39-15-23-28(35-40-29(23)18-8-9-18)27-24(32)4-3-5-25(27)33/h3-5,11,14,16-18,20-21,26H,6-10,12-13,15H2,1-2H3. The highest BCUT2D eigenvalue weighted by Crippen LogP contribution is 2.50. The average molecular weight is 550 g/mol. The fourth-order valence-corrected chi connectivity index (χ4v) is 6.80. The Morgan fingerprint density at radius 1 is 1.10 bits per heavy atom. The number of methoxy groups -OCH3 is 1.